The average Bonchev–Trinajstić information content (AvgIpc) is 2.67. The molecule has 0 radical (unpaired) electrons. The molecule has 0 aliphatic rings. The predicted octanol–water partition coefficient (Wildman–Crippen LogP) is 4.63. The smallest absolute Gasteiger partial charge is 0.0548 e. The second-order valence-electron chi connectivity index (χ2n) is 6.16. The van der Waals surface area contributed by atoms with Gasteiger partial charge in [0, 0.05) is 23.2 Å². The van der Waals surface area contributed by atoms with Crippen LogP contribution in [0.15, 0.2) is 89.8 Å². The average molecular weight is 349 g/mol. The van der Waals surface area contributed by atoms with Crippen molar-refractivity contribution < 1.29 is 4.21 Å². The number of rotatable bonds is 7. The van der Waals surface area contributed by atoms with Crippen LogP contribution in [0.2, 0.25) is 0 Å². The zero-order valence-electron chi connectivity index (χ0n) is 14.4. The first kappa shape index (κ1) is 17.6. The Morgan fingerprint density at radius 1 is 0.840 bits per heavy atom. The lowest BCUT2D eigenvalue weighted by atomic mass is 10.1. The lowest BCUT2D eigenvalue weighted by Gasteiger charge is -2.19. The van der Waals surface area contributed by atoms with E-state index in [9.17, 15) is 4.21 Å². The summed E-state index contributed by atoms with van der Waals surface area (Å²) >= 11 is 0. The van der Waals surface area contributed by atoms with Crippen molar-refractivity contribution in [1.82, 2.24) is 5.32 Å². The van der Waals surface area contributed by atoms with E-state index < -0.39 is 10.8 Å². The minimum atomic E-state index is -1.04. The Bertz CT molecular complexity index is 800. The highest BCUT2D eigenvalue weighted by molar-refractivity contribution is 7.85. The van der Waals surface area contributed by atoms with Gasteiger partial charge in [0.1, 0.15) is 0 Å². The van der Waals surface area contributed by atoms with Gasteiger partial charge in [-0.3, -0.25) is 4.21 Å². The fourth-order valence-corrected chi connectivity index (χ4v) is 3.98. The molecule has 25 heavy (non-hydrogen) atoms. The van der Waals surface area contributed by atoms with Gasteiger partial charge in [-0.25, -0.2) is 0 Å². The lowest BCUT2D eigenvalue weighted by Crippen LogP contribution is -2.26. The Balaban J connectivity index is 1.74. The van der Waals surface area contributed by atoms with Gasteiger partial charge >= 0.3 is 0 Å². The van der Waals surface area contributed by atoms with Crippen LogP contribution in [0.3, 0.4) is 0 Å². The number of aryl methyl sites for hydroxylation is 1. The molecule has 0 spiro atoms. The van der Waals surface area contributed by atoms with Gasteiger partial charge in [-0.15, -0.1) is 0 Å². The first-order valence-corrected chi connectivity index (χ1v) is 9.81. The van der Waals surface area contributed by atoms with Gasteiger partial charge in [0.05, 0.1) is 10.8 Å². The Labute approximate surface area is 152 Å². The molecule has 0 fully saturated rings. The SMILES string of the molecule is Cc1ccc(S(=O)C[C@H](NCc2ccccc2)c2ccccc2)cc1. The summed E-state index contributed by atoms with van der Waals surface area (Å²) < 4.78 is 12.8. The summed E-state index contributed by atoms with van der Waals surface area (Å²) in [6.07, 6.45) is 0. The van der Waals surface area contributed by atoms with Crippen molar-refractivity contribution in [3.63, 3.8) is 0 Å². The molecule has 0 amide bonds. The van der Waals surface area contributed by atoms with E-state index in [-0.39, 0.29) is 6.04 Å². The van der Waals surface area contributed by atoms with Crippen LogP contribution in [0.4, 0.5) is 0 Å². The summed E-state index contributed by atoms with van der Waals surface area (Å²) in [5.74, 6) is 0.555. The van der Waals surface area contributed by atoms with Gasteiger partial charge in [-0.1, -0.05) is 78.4 Å². The van der Waals surface area contributed by atoms with Gasteiger partial charge in [0.2, 0.25) is 0 Å². The molecule has 2 atom stereocenters. The fraction of sp³-hybridized carbons (Fsp3) is 0.182. The van der Waals surface area contributed by atoms with Crippen LogP contribution in [0, 0.1) is 6.92 Å². The predicted molar refractivity (Wildman–Crippen MR) is 105 cm³/mol. The van der Waals surface area contributed by atoms with Crippen molar-refractivity contribution in [3.8, 4) is 0 Å². The van der Waals surface area contributed by atoms with E-state index in [1.807, 2.05) is 67.6 Å². The van der Waals surface area contributed by atoms with Crippen LogP contribution in [0.1, 0.15) is 22.7 Å². The van der Waals surface area contributed by atoms with Crippen LogP contribution in [0.5, 0.6) is 0 Å². The Morgan fingerprint density at radius 2 is 1.44 bits per heavy atom. The molecule has 3 aromatic rings. The van der Waals surface area contributed by atoms with E-state index in [1.54, 1.807) is 0 Å². The Kier molecular flexibility index (Phi) is 6.15. The normalized spacial score (nSPS) is 13.3. The maximum absolute atomic E-state index is 12.8. The van der Waals surface area contributed by atoms with E-state index in [0.29, 0.717) is 5.75 Å². The molecule has 0 bridgehead atoms. The van der Waals surface area contributed by atoms with Crippen LogP contribution >= 0.6 is 0 Å². The van der Waals surface area contributed by atoms with Gasteiger partial charge in [0.25, 0.3) is 0 Å². The summed E-state index contributed by atoms with van der Waals surface area (Å²) in [5.41, 5.74) is 3.58. The molecular weight excluding hydrogens is 326 g/mol. The molecule has 0 aliphatic heterocycles. The molecule has 2 nitrogen and oxygen atoms in total. The van der Waals surface area contributed by atoms with Crippen LogP contribution < -0.4 is 5.32 Å². The lowest BCUT2D eigenvalue weighted by molar-refractivity contribution is 0.573. The van der Waals surface area contributed by atoms with Crippen molar-refractivity contribution in [2.75, 3.05) is 5.75 Å². The summed E-state index contributed by atoms with van der Waals surface area (Å²) in [7, 11) is -1.04. The first-order chi connectivity index (χ1) is 12.2. The van der Waals surface area contributed by atoms with Crippen LogP contribution in [-0.4, -0.2) is 9.96 Å². The van der Waals surface area contributed by atoms with Gasteiger partial charge in [0.15, 0.2) is 0 Å². The zero-order chi connectivity index (χ0) is 17.5. The monoisotopic (exact) mass is 349 g/mol. The fourth-order valence-electron chi connectivity index (χ4n) is 2.73. The molecule has 1 unspecified atom stereocenters. The van der Waals surface area contributed by atoms with Crippen molar-refractivity contribution >= 4 is 10.8 Å². The minimum Gasteiger partial charge on any atom is -0.305 e. The maximum atomic E-state index is 12.8. The van der Waals surface area contributed by atoms with Gasteiger partial charge in [-0.2, -0.15) is 0 Å². The minimum absolute atomic E-state index is 0.0449. The zero-order valence-corrected chi connectivity index (χ0v) is 15.2. The van der Waals surface area contributed by atoms with E-state index in [2.05, 4.69) is 29.6 Å². The van der Waals surface area contributed by atoms with Crippen molar-refractivity contribution in [3.05, 3.63) is 102 Å². The summed E-state index contributed by atoms with van der Waals surface area (Å²) in [4.78, 5) is 0.882. The number of hydrogen-bond acceptors (Lipinski definition) is 2. The molecule has 0 saturated heterocycles. The standard InChI is InChI=1S/C22H23NOS/c1-18-12-14-21(15-13-18)25(24)17-22(20-10-6-3-7-11-20)23-16-19-8-4-2-5-9-19/h2-15,22-23H,16-17H2,1H3/t22-,25?/m0/s1. The van der Waals surface area contributed by atoms with E-state index in [1.165, 1.54) is 16.7 Å². The quantitative estimate of drug-likeness (QED) is 0.673. The van der Waals surface area contributed by atoms with Crippen LogP contribution in [-0.2, 0) is 17.3 Å². The molecular formula is C22H23NOS. The van der Waals surface area contributed by atoms with Crippen molar-refractivity contribution in [1.29, 1.82) is 0 Å². The maximum Gasteiger partial charge on any atom is 0.0548 e. The first-order valence-electron chi connectivity index (χ1n) is 8.49. The second kappa shape index (κ2) is 8.75. The summed E-state index contributed by atoms with van der Waals surface area (Å²) in [5, 5.41) is 3.57. The summed E-state index contributed by atoms with van der Waals surface area (Å²) in [6.45, 7) is 2.80. The molecule has 0 aliphatic carbocycles. The number of nitrogens with one attached hydrogen (secondary N) is 1. The molecule has 3 rings (SSSR count). The van der Waals surface area contributed by atoms with Crippen LogP contribution in [0.25, 0.3) is 0 Å². The third-order valence-electron chi connectivity index (χ3n) is 4.20. The number of benzene rings is 3. The highest BCUT2D eigenvalue weighted by Crippen LogP contribution is 2.18. The largest absolute Gasteiger partial charge is 0.305 e. The van der Waals surface area contributed by atoms with Gasteiger partial charge < -0.3 is 5.32 Å². The van der Waals surface area contributed by atoms with E-state index >= 15 is 0 Å². The van der Waals surface area contributed by atoms with Crippen molar-refractivity contribution in [2.45, 2.75) is 24.4 Å². The molecule has 0 saturated carbocycles. The second-order valence-corrected chi connectivity index (χ2v) is 7.65. The molecule has 128 valence electrons. The highest BCUT2D eigenvalue weighted by Gasteiger charge is 2.16. The van der Waals surface area contributed by atoms with Gasteiger partial charge in [-0.05, 0) is 30.2 Å². The third-order valence-corrected chi connectivity index (χ3v) is 5.63. The van der Waals surface area contributed by atoms with E-state index in [4.69, 9.17) is 0 Å². The number of hydrogen-bond donors (Lipinski definition) is 1. The third kappa shape index (κ3) is 5.12. The molecule has 0 aromatic heterocycles. The summed E-state index contributed by atoms with van der Waals surface area (Å²) in [6, 6.07) is 28.6. The molecule has 1 N–H and O–H groups in total. The molecule has 0 heterocycles. The molecule has 3 heteroatoms. The van der Waals surface area contributed by atoms with Crippen molar-refractivity contribution in [2.24, 2.45) is 0 Å². The topological polar surface area (TPSA) is 29.1 Å². The van der Waals surface area contributed by atoms with E-state index in [0.717, 1.165) is 11.4 Å². The highest BCUT2D eigenvalue weighted by atomic mass is 32.2. The molecule has 3 aromatic carbocycles. The Hall–Kier alpha value is -2.23. The Morgan fingerprint density at radius 3 is 2.08 bits per heavy atom.